The zero-order chi connectivity index (χ0) is 14.3. The lowest BCUT2D eigenvalue weighted by molar-refractivity contribution is -0.0510. The molecule has 0 amide bonds. The summed E-state index contributed by atoms with van der Waals surface area (Å²) >= 11 is 0. The van der Waals surface area contributed by atoms with E-state index in [1.807, 2.05) is 13.8 Å². The number of alkyl halides is 3. The van der Waals surface area contributed by atoms with Crippen LogP contribution in [0.2, 0.25) is 0 Å². The van der Waals surface area contributed by atoms with Crippen LogP contribution in [0.4, 0.5) is 13.2 Å². The maximum atomic E-state index is 10.7. The van der Waals surface area contributed by atoms with Crippen molar-refractivity contribution >= 4 is 18.1 Å². The van der Waals surface area contributed by atoms with Crippen molar-refractivity contribution in [3.63, 3.8) is 0 Å². The van der Waals surface area contributed by atoms with Crippen molar-refractivity contribution in [2.24, 2.45) is 0 Å². The quantitative estimate of drug-likeness (QED) is 0.467. The Bertz CT molecular complexity index is 293. The van der Waals surface area contributed by atoms with Gasteiger partial charge in [-0.3, -0.25) is 4.55 Å². The van der Waals surface area contributed by atoms with Gasteiger partial charge < -0.3 is 0 Å². The molecule has 0 rings (SSSR count). The summed E-state index contributed by atoms with van der Waals surface area (Å²) in [5.41, 5.74) is -5.53. The number of halogens is 3. The van der Waals surface area contributed by atoms with E-state index in [9.17, 15) is 18.1 Å². The Labute approximate surface area is 98.1 Å². The average Bonchev–Trinajstić information content (AvgIpc) is 2.00. The maximum absolute atomic E-state index is 10.7. The second kappa shape index (κ2) is 7.45. The number of rotatable bonds is 4. The molecular formula is C6H15F3O6PS+. The Kier molecular flexibility index (Phi) is 8.48. The van der Waals surface area contributed by atoms with Gasteiger partial charge in [0.2, 0.25) is 0 Å². The number of hydrogen-bond acceptors (Lipinski definition) is 5. The van der Waals surface area contributed by atoms with E-state index in [1.165, 1.54) is 0 Å². The molecule has 0 aromatic carbocycles. The van der Waals surface area contributed by atoms with E-state index in [1.54, 1.807) is 6.66 Å². The molecule has 0 atom stereocenters. The molecule has 0 aromatic rings. The third kappa shape index (κ3) is 10.9. The van der Waals surface area contributed by atoms with Crippen LogP contribution in [-0.2, 0) is 19.2 Å². The molecule has 0 aromatic heterocycles. The molecule has 0 bridgehead atoms. The average molecular weight is 303 g/mol. The zero-order valence-electron chi connectivity index (χ0n) is 9.43. The first kappa shape index (κ1) is 19.4. The van der Waals surface area contributed by atoms with Gasteiger partial charge in [-0.25, -0.2) is 0 Å². The van der Waals surface area contributed by atoms with Gasteiger partial charge >= 0.3 is 23.6 Å². The highest BCUT2D eigenvalue weighted by atomic mass is 32.2. The van der Waals surface area contributed by atoms with Crippen molar-refractivity contribution in [2.45, 2.75) is 19.4 Å². The van der Waals surface area contributed by atoms with Crippen LogP contribution in [0.25, 0.3) is 0 Å². The van der Waals surface area contributed by atoms with Gasteiger partial charge in [0, 0.05) is 0 Å². The third-order valence-corrected chi connectivity index (χ3v) is 3.09. The molecule has 0 saturated carbocycles. The highest BCUT2D eigenvalue weighted by molar-refractivity contribution is 7.86. The van der Waals surface area contributed by atoms with Crippen LogP contribution in [0.15, 0.2) is 0 Å². The maximum Gasteiger partial charge on any atom is 0.522 e. The fraction of sp³-hybridized carbons (Fsp3) is 1.00. The summed E-state index contributed by atoms with van der Waals surface area (Å²) in [6, 6.07) is 0. The van der Waals surface area contributed by atoms with E-state index < -0.39 is 23.6 Å². The lowest BCUT2D eigenvalue weighted by atomic mass is 10.9. The fourth-order valence-corrected chi connectivity index (χ4v) is 1.55. The molecule has 17 heavy (non-hydrogen) atoms. The first-order valence-corrected chi connectivity index (χ1v) is 7.76. The van der Waals surface area contributed by atoms with Gasteiger partial charge in [0.1, 0.15) is 6.66 Å². The lowest BCUT2D eigenvalue weighted by Gasteiger charge is -2.09. The molecule has 6 nitrogen and oxygen atoms in total. The Morgan fingerprint density at radius 2 is 1.41 bits per heavy atom. The zero-order valence-corrected chi connectivity index (χ0v) is 11.1. The summed E-state index contributed by atoms with van der Waals surface area (Å²) in [5, 5.41) is 0. The molecule has 0 saturated heterocycles. The molecule has 0 aliphatic rings. The van der Waals surface area contributed by atoms with Gasteiger partial charge in [0.05, 0.1) is 13.2 Å². The third-order valence-electron chi connectivity index (χ3n) is 1.03. The minimum Gasteiger partial charge on any atom is -0.279 e. The predicted molar refractivity (Wildman–Crippen MR) is 55.9 cm³/mol. The highest BCUT2D eigenvalue weighted by Gasteiger charge is 2.44. The monoisotopic (exact) mass is 303 g/mol. The van der Waals surface area contributed by atoms with Crippen LogP contribution in [0.5, 0.6) is 0 Å². The summed E-state index contributed by atoms with van der Waals surface area (Å²) in [5.74, 6) is 0. The summed E-state index contributed by atoms with van der Waals surface area (Å²) in [7, 11) is -8.28. The topological polar surface area (TPSA) is 93.1 Å². The molecule has 2 N–H and O–H groups in total. The Morgan fingerprint density at radius 1 is 1.18 bits per heavy atom. The summed E-state index contributed by atoms with van der Waals surface area (Å²) in [6.07, 6.45) is 0. The molecule has 0 aliphatic heterocycles. The first-order valence-electron chi connectivity index (χ1n) is 4.29. The normalized spacial score (nSPS) is 12.9. The molecule has 0 heterocycles. The largest absolute Gasteiger partial charge is 0.522 e. The molecule has 0 unspecified atom stereocenters. The SMILES string of the molecule is CCO[P+](C)(O)OCC.O=S(=O)(O)C(F)(F)F. The van der Waals surface area contributed by atoms with Gasteiger partial charge in [0.15, 0.2) is 0 Å². The molecule has 11 heteroatoms. The fourth-order valence-electron chi connectivity index (χ4n) is 0.516. The van der Waals surface area contributed by atoms with E-state index in [4.69, 9.17) is 22.0 Å². The number of hydrogen-bond donors (Lipinski definition) is 2. The highest BCUT2D eigenvalue weighted by Crippen LogP contribution is 2.52. The summed E-state index contributed by atoms with van der Waals surface area (Å²) in [6.45, 7) is 6.24. The Balaban J connectivity index is 0. The van der Waals surface area contributed by atoms with Crippen LogP contribution >= 0.6 is 7.94 Å². The molecule has 0 fully saturated rings. The summed E-state index contributed by atoms with van der Waals surface area (Å²) in [4.78, 5) is 9.18. The van der Waals surface area contributed by atoms with Crippen molar-refractivity contribution in [1.29, 1.82) is 0 Å². The van der Waals surface area contributed by atoms with Crippen molar-refractivity contribution < 1.29 is 40.1 Å². The van der Waals surface area contributed by atoms with Crippen LogP contribution in [-0.4, -0.2) is 43.3 Å². The molecule has 0 spiro atoms. The second-order valence-electron chi connectivity index (χ2n) is 2.56. The standard InChI is InChI=1S/C5H14O3P.CHF3O3S/c1-4-7-9(3,6)8-5-2;2-1(3,4)8(5,6)7/h6H,4-5H2,1-3H3;(H,5,6,7)/q+1;. The smallest absolute Gasteiger partial charge is 0.279 e. The molecular weight excluding hydrogens is 288 g/mol. The van der Waals surface area contributed by atoms with Crippen molar-refractivity contribution in [3.05, 3.63) is 0 Å². The van der Waals surface area contributed by atoms with Crippen molar-refractivity contribution in [2.75, 3.05) is 19.9 Å². The Hall–Kier alpha value is 0.01000. The first-order chi connectivity index (χ1) is 7.37. The molecule has 106 valence electrons. The van der Waals surface area contributed by atoms with Crippen molar-refractivity contribution in [1.82, 2.24) is 0 Å². The van der Waals surface area contributed by atoms with E-state index in [0.717, 1.165) is 0 Å². The predicted octanol–water partition coefficient (Wildman–Crippen LogP) is 1.84. The van der Waals surface area contributed by atoms with Crippen LogP contribution in [0.1, 0.15) is 13.8 Å². The van der Waals surface area contributed by atoms with Crippen LogP contribution in [0.3, 0.4) is 0 Å². The van der Waals surface area contributed by atoms with Gasteiger partial charge in [-0.05, 0) is 13.8 Å². The second-order valence-corrected chi connectivity index (χ2v) is 6.09. The van der Waals surface area contributed by atoms with Gasteiger partial charge in [0.25, 0.3) is 0 Å². The minimum absolute atomic E-state index is 0.501. The van der Waals surface area contributed by atoms with E-state index >= 15 is 0 Å². The Morgan fingerprint density at radius 3 is 1.53 bits per heavy atom. The van der Waals surface area contributed by atoms with Crippen LogP contribution < -0.4 is 0 Å². The van der Waals surface area contributed by atoms with E-state index in [-0.39, 0.29) is 0 Å². The lowest BCUT2D eigenvalue weighted by Crippen LogP contribution is -2.21. The van der Waals surface area contributed by atoms with Gasteiger partial charge in [-0.15, -0.1) is 0 Å². The van der Waals surface area contributed by atoms with Gasteiger partial charge in [-0.1, -0.05) is 0 Å². The van der Waals surface area contributed by atoms with Gasteiger partial charge in [-0.2, -0.15) is 35.5 Å². The van der Waals surface area contributed by atoms with Crippen molar-refractivity contribution in [3.8, 4) is 0 Å². The van der Waals surface area contributed by atoms with E-state index in [0.29, 0.717) is 13.2 Å². The van der Waals surface area contributed by atoms with Crippen LogP contribution in [0, 0.1) is 0 Å². The van der Waals surface area contributed by atoms with E-state index in [2.05, 4.69) is 0 Å². The minimum atomic E-state index is -5.84. The summed E-state index contributed by atoms with van der Waals surface area (Å²) < 4.78 is 67.4. The molecule has 0 aliphatic carbocycles. The molecule has 0 radical (unpaired) electrons.